The van der Waals surface area contributed by atoms with Crippen LogP contribution in [0.25, 0.3) is 0 Å². The Labute approximate surface area is 154 Å². The van der Waals surface area contributed by atoms with Gasteiger partial charge >= 0.3 is 6.18 Å². The van der Waals surface area contributed by atoms with Gasteiger partial charge in [0.1, 0.15) is 12.2 Å². The molecule has 0 saturated heterocycles. The van der Waals surface area contributed by atoms with Gasteiger partial charge in [0, 0.05) is 5.69 Å². The maximum absolute atomic E-state index is 12.9. The molecule has 8 heteroatoms. The van der Waals surface area contributed by atoms with Crippen molar-refractivity contribution in [3.05, 3.63) is 54.1 Å². The van der Waals surface area contributed by atoms with E-state index < -0.39 is 35.7 Å². The number of amides is 2. The van der Waals surface area contributed by atoms with Crippen LogP contribution in [0.4, 0.5) is 24.5 Å². The summed E-state index contributed by atoms with van der Waals surface area (Å²) >= 11 is 0. The summed E-state index contributed by atoms with van der Waals surface area (Å²) in [5.41, 5.74) is -0.919. The molecule has 0 aliphatic rings. The fraction of sp³-hybridized carbons (Fsp3) is 0.263. The standard InChI is InChI=1S/C19H19F3N2O3/c1-12(2)27-14-9-7-13(8-10-14)23-17(25)11-18(26)24-16-6-4-3-5-15(16)19(20,21)22/h3-10,12H,11H2,1-2H3,(H,23,25)(H,24,26). The Morgan fingerprint density at radius 1 is 0.963 bits per heavy atom. The Balaban J connectivity index is 1.94. The van der Waals surface area contributed by atoms with Crippen molar-refractivity contribution in [3.8, 4) is 5.75 Å². The zero-order valence-electron chi connectivity index (χ0n) is 14.8. The van der Waals surface area contributed by atoms with Gasteiger partial charge in [0.15, 0.2) is 0 Å². The molecule has 0 aromatic heterocycles. The molecule has 2 aromatic rings. The minimum atomic E-state index is -4.61. The summed E-state index contributed by atoms with van der Waals surface area (Å²) in [6.45, 7) is 3.76. The number of hydrogen-bond donors (Lipinski definition) is 2. The highest BCUT2D eigenvalue weighted by atomic mass is 19.4. The number of hydrogen-bond acceptors (Lipinski definition) is 3. The number of alkyl halides is 3. The average molecular weight is 380 g/mol. The normalized spacial score (nSPS) is 11.2. The van der Waals surface area contributed by atoms with Gasteiger partial charge in [0.25, 0.3) is 0 Å². The first-order valence-corrected chi connectivity index (χ1v) is 8.18. The third kappa shape index (κ3) is 6.32. The molecule has 0 aliphatic carbocycles. The molecule has 0 spiro atoms. The van der Waals surface area contributed by atoms with Crippen molar-refractivity contribution in [2.24, 2.45) is 0 Å². The Bertz CT molecular complexity index is 803. The molecular weight excluding hydrogens is 361 g/mol. The van der Waals surface area contributed by atoms with Crippen LogP contribution in [0.15, 0.2) is 48.5 Å². The van der Waals surface area contributed by atoms with E-state index in [0.717, 1.165) is 12.1 Å². The van der Waals surface area contributed by atoms with E-state index in [2.05, 4.69) is 10.6 Å². The Kier molecular flexibility index (Phi) is 6.44. The summed E-state index contributed by atoms with van der Waals surface area (Å²) in [6, 6.07) is 11.1. The number of carbonyl (C=O) groups excluding carboxylic acids is 2. The summed E-state index contributed by atoms with van der Waals surface area (Å²) in [5.74, 6) is -0.858. The minimum Gasteiger partial charge on any atom is -0.491 e. The molecule has 0 atom stereocenters. The second-order valence-electron chi connectivity index (χ2n) is 6.01. The van der Waals surface area contributed by atoms with Gasteiger partial charge in [-0.1, -0.05) is 12.1 Å². The van der Waals surface area contributed by atoms with Gasteiger partial charge in [-0.05, 0) is 50.2 Å². The van der Waals surface area contributed by atoms with Crippen molar-refractivity contribution in [2.75, 3.05) is 10.6 Å². The van der Waals surface area contributed by atoms with E-state index in [1.165, 1.54) is 12.1 Å². The molecule has 0 heterocycles. The number of ether oxygens (including phenoxy) is 1. The lowest BCUT2D eigenvalue weighted by Crippen LogP contribution is -2.22. The molecule has 0 fully saturated rings. The smallest absolute Gasteiger partial charge is 0.418 e. The van der Waals surface area contributed by atoms with Crippen LogP contribution in [0, 0.1) is 0 Å². The van der Waals surface area contributed by atoms with E-state index in [4.69, 9.17) is 4.74 Å². The molecule has 5 nitrogen and oxygen atoms in total. The fourth-order valence-corrected chi connectivity index (χ4v) is 2.27. The maximum Gasteiger partial charge on any atom is 0.418 e. The second-order valence-corrected chi connectivity index (χ2v) is 6.01. The van der Waals surface area contributed by atoms with Crippen LogP contribution in [0.3, 0.4) is 0 Å². The van der Waals surface area contributed by atoms with Gasteiger partial charge < -0.3 is 15.4 Å². The molecule has 0 aliphatic heterocycles. The van der Waals surface area contributed by atoms with Crippen molar-refractivity contribution in [1.82, 2.24) is 0 Å². The largest absolute Gasteiger partial charge is 0.491 e. The first-order chi connectivity index (χ1) is 12.6. The van der Waals surface area contributed by atoms with Crippen molar-refractivity contribution in [2.45, 2.75) is 32.5 Å². The van der Waals surface area contributed by atoms with Crippen LogP contribution < -0.4 is 15.4 Å². The highest BCUT2D eigenvalue weighted by molar-refractivity contribution is 6.08. The van der Waals surface area contributed by atoms with Crippen molar-refractivity contribution >= 4 is 23.2 Å². The van der Waals surface area contributed by atoms with Crippen LogP contribution in [0.1, 0.15) is 25.8 Å². The number of carbonyl (C=O) groups is 2. The molecule has 2 aromatic carbocycles. The predicted molar refractivity (Wildman–Crippen MR) is 95.5 cm³/mol. The summed E-state index contributed by atoms with van der Waals surface area (Å²) in [5, 5.41) is 4.63. The highest BCUT2D eigenvalue weighted by Crippen LogP contribution is 2.34. The molecule has 2 rings (SSSR count). The summed E-state index contributed by atoms with van der Waals surface area (Å²) in [6.07, 6.45) is -5.21. The van der Waals surface area contributed by atoms with Gasteiger partial charge in [-0.2, -0.15) is 13.2 Å². The van der Waals surface area contributed by atoms with Crippen LogP contribution >= 0.6 is 0 Å². The summed E-state index contributed by atoms with van der Waals surface area (Å²) in [4.78, 5) is 23.8. The average Bonchev–Trinajstić information content (AvgIpc) is 2.55. The van der Waals surface area contributed by atoms with Gasteiger partial charge in [-0.3, -0.25) is 9.59 Å². The third-order valence-electron chi connectivity index (χ3n) is 3.34. The van der Waals surface area contributed by atoms with Crippen molar-refractivity contribution in [3.63, 3.8) is 0 Å². The third-order valence-corrected chi connectivity index (χ3v) is 3.34. The number of para-hydroxylation sites is 1. The van der Waals surface area contributed by atoms with Crippen LogP contribution in [-0.4, -0.2) is 17.9 Å². The van der Waals surface area contributed by atoms with Gasteiger partial charge in [-0.15, -0.1) is 0 Å². The number of benzene rings is 2. The van der Waals surface area contributed by atoms with Crippen molar-refractivity contribution < 1.29 is 27.5 Å². The molecule has 0 unspecified atom stereocenters. The maximum atomic E-state index is 12.9. The SMILES string of the molecule is CC(C)Oc1ccc(NC(=O)CC(=O)Nc2ccccc2C(F)(F)F)cc1. The molecule has 2 N–H and O–H groups in total. The van der Waals surface area contributed by atoms with E-state index >= 15 is 0 Å². The highest BCUT2D eigenvalue weighted by Gasteiger charge is 2.33. The number of nitrogens with one attached hydrogen (secondary N) is 2. The Hall–Kier alpha value is -3.03. The molecule has 144 valence electrons. The van der Waals surface area contributed by atoms with E-state index in [1.54, 1.807) is 24.3 Å². The lowest BCUT2D eigenvalue weighted by Gasteiger charge is -2.13. The molecule has 0 radical (unpaired) electrons. The van der Waals surface area contributed by atoms with Gasteiger partial charge in [-0.25, -0.2) is 0 Å². The lowest BCUT2D eigenvalue weighted by atomic mass is 10.1. The Morgan fingerprint density at radius 2 is 1.56 bits per heavy atom. The predicted octanol–water partition coefficient (Wildman–Crippen LogP) is 4.46. The van der Waals surface area contributed by atoms with E-state index in [0.29, 0.717) is 11.4 Å². The van der Waals surface area contributed by atoms with Crippen LogP contribution in [-0.2, 0) is 15.8 Å². The van der Waals surface area contributed by atoms with E-state index in [1.807, 2.05) is 13.8 Å². The molecule has 2 amide bonds. The summed E-state index contributed by atoms with van der Waals surface area (Å²) < 4.78 is 44.2. The number of anilines is 2. The van der Waals surface area contributed by atoms with E-state index in [-0.39, 0.29) is 6.10 Å². The topological polar surface area (TPSA) is 67.4 Å². The molecule has 27 heavy (non-hydrogen) atoms. The first kappa shape index (κ1) is 20.3. The van der Waals surface area contributed by atoms with Crippen molar-refractivity contribution in [1.29, 1.82) is 0 Å². The quantitative estimate of drug-likeness (QED) is 0.727. The number of halogens is 3. The zero-order chi connectivity index (χ0) is 20.0. The Morgan fingerprint density at radius 3 is 2.15 bits per heavy atom. The van der Waals surface area contributed by atoms with Gasteiger partial charge in [0.05, 0.1) is 17.4 Å². The van der Waals surface area contributed by atoms with Crippen LogP contribution in [0.2, 0.25) is 0 Å². The monoisotopic (exact) mass is 380 g/mol. The van der Waals surface area contributed by atoms with Crippen LogP contribution in [0.5, 0.6) is 5.75 Å². The molecule has 0 bridgehead atoms. The summed E-state index contributed by atoms with van der Waals surface area (Å²) in [7, 11) is 0. The molecule has 0 saturated carbocycles. The van der Waals surface area contributed by atoms with E-state index in [9.17, 15) is 22.8 Å². The minimum absolute atomic E-state index is 0.00807. The van der Waals surface area contributed by atoms with Gasteiger partial charge in [0.2, 0.25) is 11.8 Å². The second kappa shape index (κ2) is 8.57. The lowest BCUT2D eigenvalue weighted by molar-refractivity contribution is -0.137. The fourth-order valence-electron chi connectivity index (χ4n) is 2.27. The first-order valence-electron chi connectivity index (χ1n) is 8.18. The molecular formula is C19H19F3N2O3. The number of rotatable bonds is 6. The zero-order valence-corrected chi connectivity index (χ0v) is 14.8.